The fourth-order valence-electron chi connectivity index (χ4n) is 2.08. The number of rotatable bonds is 6. The molecule has 0 saturated carbocycles. The number of nitrogens with zero attached hydrogens (tertiary/aromatic N) is 1. The van der Waals surface area contributed by atoms with E-state index in [1.165, 1.54) is 12.1 Å². The highest BCUT2D eigenvalue weighted by atomic mass is 35.5. The fraction of sp³-hybridized carbons (Fsp3) is 0.235. The molecule has 2 aromatic rings. The maximum atomic E-state index is 12.2. The normalized spacial score (nSPS) is 11.6. The van der Waals surface area contributed by atoms with E-state index in [4.69, 9.17) is 16.3 Å². The molecule has 0 aromatic heterocycles. The van der Waals surface area contributed by atoms with Crippen LogP contribution in [0.5, 0.6) is 5.75 Å². The monoisotopic (exact) mass is 348 g/mol. The van der Waals surface area contributed by atoms with Crippen LogP contribution in [0.15, 0.2) is 42.5 Å². The first-order chi connectivity index (χ1) is 11.4. The number of amides is 1. The zero-order valence-electron chi connectivity index (χ0n) is 13.3. The average Bonchev–Trinajstić information content (AvgIpc) is 2.53. The van der Waals surface area contributed by atoms with Gasteiger partial charge < -0.3 is 10.1 Å². The number of hydrogen-bond donors (Lipinski definition) is 1. The molecule has 0 aliphatic heterocycles. The quantitative estimate of drug-likeness (QED) is 0.636. The van der Waals surface area contributed by atoms with Crippen LogP contribution in [0.2, 0.25) is 5.02 Å². The molecule has 0 bridgehead atoms. The van der Waals surface area contributed by atoms with E-state index in [2.05, 4.69) is 5.32 Å². The van der Waals surface area contributed by atoms with Crippen molar-refractivity contribution in [1.82, 2.24) is 5.32 Å². The Morgan fingerprint density at radius 2 is 2.04 bits per heavy atom. The highest BCUT2D eigenvalue weighted by Crippen LogP contribution is 2.22. The summed E-state index contributed by atoms with van der Waals surface area (Å²) in [5.41, 5.74) is 1.03. The van der Waals surface area contributed by atoms with Crippen LogP contribution in [-0.4, -0.2) is 23.5 Å². The Kier molecular flexibility index (Phi) is 5.76. The third-order valence-corrected chi connectivity index (χ3v) is 3.68. The van der Waals surface area contributed by atoms with Crippen LogP contribution in [0.3, 0.4) is 0 Å². The lowest BCUT2D eigenvalue weighted by Gasteiger charge is -2.16. The summed E-state index contributed by atoms with van der Waals surface area (Å²) in [5.74, 6) is 0.350. The standard InChI is InChI=1S/C17H17ClN2O4/c1-11-5-3-4-6-16(11)24-10-12(2)19-17(21)14-8-7-13(20(22)23)9-15(14)18/h3-9,12H,10H2,1-2H3,(H,19,21)/t12-/m1/s1. The summed E-state index contributed by atoms with van der Waals surface area (Å²) < 4.78 is 5.68. The van der Waals surface area contributed by atoms with Crippen LogP contribution in [0.25, 0.3) is 0 Å². The van der Waals surface area contributed by atoms with Gasteiger partial charge in [0.15, 0.2) is 0 Å². The first kappa shape index (κ1) is 17.7. The zero-order valence-corrected chi connectivity index (χ0v) is 14.0. The molecule has 0 unspecified atom stereocenters. The second kappa shape index (κ2) is 7.79. The Labute approximate surface area is 144 Å². The van der Waals surface area contributed by atoms with Crippen LogP contribution in [0.1, 0.15) is 22.8 Å². The predicted molar refractivity (Wildman–Crippen MR) is 91.7 cm³/mol. The van der Waals surface area contributed by atoms with E-state index in [0.717, 1.165) is 17.4 Å². The Morgan fingerprint density at radius 1 is 1.33 bits per heavy atom. The summed E-state index contributed by atoms with van der Waals surface area (Å²) in [5, 5.41) is 13.5. The number of nitro benzene ring substituents is 1. The highest BCUT2D eigenvalue weighted by Gasteiger charge is 2.17. The highest BCUT2D eigenvalue weighted by molar-refractivity contribution is 6.34. The lowest BCUT2D eigenvalue weighted by Crippen LogP contribution is -2.37. The molecule has 1 atom stereocenters. The molecular formula is C17H17ClN2O4. The van der Waals surface area contributed by atoms with E-state index in [0.29, 0.717) is 6.61 Å². The smallest absolute Gasteiger partial charge is 0.270 e. The Hall–Kier alpha value is -2.60. The van der Waals surface area contributed by atoms with Gasteiger partial charge in [0.1, 0.15) is 12.4 Å². The van der Waals surface area contributed by atoms with Gasteiger partial charge in [-0.3, -0.25) is 14.9 Å². The van der Waals surface area contributed by atoms with Gasteiger partial charge in [0.25, 0.3) is 11.6 Å². The molecule has 1 amide bonds. The molecule has 1 N–H and O–H groups in total. The number of nitro groups is 1. The molecule has 0 heterocycles. The van der Waals surface area contributed by atoms with Gasteiger partial charge in [0.2, 0.25) is 0 Å². The second-order valence-corrected chi connectivity index (χ2v) is 5.78. The summed E-state index contributed by atoms with van der Waals surface area (Å²) in [7, 11) is 0. The average molecular weight is 349 g/mol. The van der Waals surface area contributed by atoms with Gasteiger partial charge in [-0.2, -0.15) is 0 Å². The maximum Gasteiger partial charge on any atom is 0.270 e. The molecule has 0 saturated heterocycles. The molecule has 0 spiro atoms. The minimum atomic E-state index is -0.563. The minimum Gasteiger partial charge on any atom is -0.491 e. The molecule has 2 rings (SSSR count). The summed E-state index contributed by atoms with van der Waals surface area (Å²) >= 11 is 5.95. The van der Waals surface area contributed by atoms with Gasteiger partial charge in [-0.15, -0.1) is 0 Å². The first-order valence-electron chi connectivity index (χ1n) is 7.31. The number of carbonyl (C=O) groups excluding carboxylic acids is 1. The Bertz CT molecular complexity index is 764. The molecule has 2 aromatic carbocycles. The third-order valence-electron chi connectivity index (χ3n) is 3.37. The third kappa shape index (κ3) is 4.45. The van der Waals surface area contributed by atoms with E-state index in [9.17, 15) is 14.9 Å². The van der Waals surface area contributed by atoms with E-state index in [-0.39, 0.29) is 22.3 Å². The van der Waals surface area contributed by atoms with Crippen molar-refractivity contribution in [1.29, 1.82) is 0 Å². The van der Waals surface area contributed by atoms with E-state index in [1.54, 1.807) is 6.92 Å². The van der Waals surface area contributed by atoms with Gasteiger partial charge in [-0.25, -0.2) is 0 Å². The summed E-state index contributed by atoms with van der Waals surface area (Å²) in [6.07, 6.45) is 0. The van der Waals surface area contributed by atoms with Crippen LogP contribution in [-0.2, 0) is 0 Å². The first-order valence-corrected chi connectivity index (χ1v) is 7.69. The van der Waals surface area contributed by atoms with Crippen molar-refractivity contribution >= 4 is 23.2 Å². The summed E-state index contributed by atoms with van der Waals surface area (Å²) in [6.45, 7) is 4.03. The largest absolute Gasteiger partial charge is 0.491 e. The van der Waals surface area contributed by atoms with Crippen molar-refractivity contribution < 1.29 is 14.5 Å². The van der Waals surface area contributed by atoms with Crippen molar-refractivity contribution in [3.63, 3.8) is 0 Å². The van der Waals surface area contributed by atoms with Crippen molar-refractivity contribution in [3.8, 4) is 5.75 Å². The topological polar surface area (TPSA) is 81.5 Å². The lowest BCUT2D eigenvalue weighted by atomic mass is 10.2. The van der Waals surface area contributed by atoms with Crippen LogP contribution >= 0.6 is 11.6 Å². The second-order valence-electron chi connectivity index (χ2n) is 5.37. The molecule has 7 heteroatoms. The van der Waals surface area contributed by atoms with Crippen LogP contribution < -0.4 is 10.1 Å². The summed E-state index contributed by atoms with van der Waals surface area (Å²) in [6, 6.07) is 11.1. The zero-order chi connectivity index (χ0) is 17.7. The van der Waals surface area contributed by atoms with Gasteiger partial charge in [-0.05, 0) is 31.5 Å². The van der Waals surface area contributed by atoms with Gasteiger partial charge >= 0.3 is 0 Å². The molecule has 0 radical (unpaired) electrons. The Morgan fingerprint density at radius 3 is 2.67 bits per heavy atom. The maximum absolute atomic E-state index is 12.2. The number of para-hydroxylation sites is 1. The molecule has 0 aliphatic carbocycles. The number of aryl methyl sites for hydroxylation is 1. The SMILES string of the molecule is Cc1ccccc1OC[C@@H](C)NC(=O)c1ccc([N+](=O)[O-])cc1Cl. The molecule has 126 valence electrons. The lowest BCUT2D eigenvalue weighted by molar-refractivity contribution is -0.384. The Balaban J connectivity index is 1.96. The number of carbonyl (C=O) groups is 1. The molecule has 6 nitrogen and oxygen atoms in total. The number of non-ortho nitro benzene ring substituents is 1. The predicted octanol–water partition coefficient (Wildman–Crippen LogP) is 3.75. The molecule has 0 aliphatic rings. The van der Waals surface area contributed by atoms with Gasteiger partial charge in [0, 0.05) is 12.1 Å². The van der Waals surface area contributed by atoms with Gasteiger partial charge in [-0.1, -0.05) is 29.8 Å². The molecule has 0 fully saturated rings. The van der Waals surface area contributed by atoms with Crippen LogP contribution in [0, 0.1) is 17.0 Å². The van der Waals surface area contributed by atoms with Crippen molar-refractivity contribution in [2.24, 2.45) is 0 Å². The van der Waals surface area contributed by atoms with E-state index < -0.39 is 10.8 Å². The molecular weight excluding hydrogens is 332 g/mol. The van der Waals surface area contributed by atoms with Crippen molar-refractivity contribution in [2.45, 2.75) is 19.9 Å². The number of ether oxygens (including phenoxy) is 1. The van der Waals surface area contributed by atoms with E-state index >= 15 is 0 Å². The van der Waals surface area contributed by atoms with Crippen LogP contribution in [0.4, 0.5) is 5.69 Å². The fourth-order valence-corrected chi connectivity index (χ4v) is 2.34. The minimum absolute atomic E-state index is 0.0359. The van der Waals surface area contributed by atoms with Crippen molar-refractivity contribution in [3.05, 3.63) is 68.7 Å². The van der Waals surface area contributed by atoms with Crippen molar-refractivity contribution in [2.75, 3.05) is 6.61 Å². The summed E-state index contributed by atoms with van der Waals surface area (Å²) in [4.78, 5) is 22.3. The van der Waals surface area contributed by atoms with Gasteiger partial charge in [0.05, 0.1) is 21.6 Å². The van der Waals surface area contributed by atoms with E-state index in [1.807, 2.05) is 31.2 Å². The molecule has 24 heavy (non-hydrogen) atoms. The number of benzene rings is 2. The number of halogens is 1. The number of nitrogens with one attached hydrogen (secondary N) is 1. The number of hydrogen-bond acceptors (Lipinski definition) is 4.